The van der Waals surface area contributed by atoms with Crippen LogP contribution in [0.5, 0.6) is 0 Å². The number of rotatable bonds is 6. The molecule has 6 nitrogen and oxygen atoms in total. The van der Waals surface area contributed by atoms with Gasteiger partial charge in [0.2, 0.25) is 11.8 Å². The number of aliphatic carboxylic acids is 1. The molecule has 0 aliphatic heterocycles. The van der Waals surface area contributed by atoms with Crippen molar-refractivity contribution < 1.29 is 19.5 Å². The molecule has 0 aliphatic rings. The molecule has 0 aromatic heterocycles. The van der Waals surface area contributed by atoms with Crippen molar-refractivity contribution in [3.05, 3.63) is 0 Å². The Hall–Kier alpha value is -1.59. The van der Waals surface area contributed by atoms with E-state index in [-0.39, 0.29) is 30.2 Å². The molecule has 2 N–H and O–H groups in total. The van der Waals surface area contributed by atoms with Gasteiger partial charge in [0.05, 0.1) is 6.42 Å². The summed E-state index contributed by atoms with van der Waals surface area (Å²) in [7, 11) is 1.53. The Labute approximate surface area is 114 Å². The lowest BCUT2D eigenvalue weighted by Gasteiger charge is -2.23. The fourth-order valence-electron chi connectivity index (χ4n) is 1.54. The van der Waals surface area contributed by atoms with Crippen LogP contribution in [0.1, 0.15) is 40.5 Å². The van der Waals surface area contributed by atoms with Crippen LogP contribution >= 0.6 is 0 Å². The molecule has 0 aromatic carbocycles. The van der Waals surface area contributed by atoms with Crippen molar-refractivity contribution in [2.45, 2.75) is 46.6 Å². The molecule has 1 unspecified atom stereocenters. The monoisotopic (exact) mass is 272 g/mol. The van der Waals surface area contributed by atoms with Gasteiger partial charge in [-0.3, -0.25) is 14.4 Å². The largest absolute Gasteiger partial charge is 0.481 e. The van der Waals surface area contributed by atoms with Crippen LogP contribution in [0.3, 0.4) is 0 Å². The normalized spacial score (nSPS) is 12.7. The zero-order valence-electron chi connectivity index (χ0n) is 12.3. The molecule has 0 aliphatic carbocycles. The van der Waals surface area contributed by atoms with Crippen LogP contribution in [0.2, 0.25) is 0 Å². The summed E-state index contributed by atoms with van der Waals surface area (Å²) in [5, 5.41) is 11.2. The van der Waals surface area contributed by atoms with Crippen molar-refractivity contribution in [1.82, 2.24) is 10.2 Å². The highest BCUT2D eigenvalue weighted by Crippen LogP contribution is 2.17. The van der Waals surface area contributed by atoms with E-state index in [0.29, 0.717) is 6.42 Å². The number of carbonyl (C=O) groups excluding carboxylic acids is 2. The Morgan fingerprint density at radius 1 is 1.26 bits per heavy atom. The van der Waals surface area contributed by atoms with E-state index < -0.39 is 12.0 Å². The quantitative estimate of drug-likeness (QED) is 0.751. The summed E-state index contributed by atoms with van der Waals surface area (Å²) in [6.45, 7) is 7.56. The van der Waals surface area contributed by atoms with Crippen molar-refractivity contribution in [3.8, 4) is 0 Å². The Balaban J connectivity index is 4.26. The lowest BCUT2D eigenvalue weighted by Crippen LogP contribution is -2.46. The fourth-order valence-corrected chi connectivity index (χ4v) is 1.54. The molecule has 0 heterocycles. The third-order valence-electron chi connectivity index (χ3n) is 2.48. The highest BCUT2D eigenvalue weighted by molar-refractivity contribution is 5.87. The predicted octanol–water partition coefficient (Wildman–Crippen LogP) is 0.860. The van der Waals surface area contributed by atoms with Crippen LogP contribution in [0.25, 0.3) is 0 Å². The highest BCUT2D eigenvalue weighted by Gasteiger charge is 2.22. The van der Waals surface area contributed by atoms with E-state index in [0.717, 1.165) is 0 Å². The van der Waals surface area contributed by atoms with Crippen LogP contribution in [0.4, 0.5) is 0 Å². The van der Waals surface area contributed by atoms with Crippen LogP contribution in [-0.4, -0.2) is 47.4 Å². The van der Waals surface area contributed by atoms with Crippen LogP contribution in [0, 0.1) is 5.41 Å². The summed E-state index contributed by atoms with van der Waals surface area (Å²) < 4.78 is 0. The summed E-state index contributed by atoms with van der Waals surface area (Å²) in [4.78, 5) is 35.3. The smallest absolute Gasteiger partial charge is 0.305 e. The molecular formula is C13H24N2O4. The molecule has 0 radical (unpaired) electrons. The summed E-state index contributed by atoms with van der Waals surface area (Å²) in [5.74, 6) is -1.42. The van der Waals surface area contributed by atoms with Gasteiger partial charge in [-0.2, -0.15) is 0 Å². The van der Waals surface area contributed by atoms with Gasteiger partial charge in [-0.05, 0) is 12.3 Å². The maximum atomic E-state index is 11.9. The standard InChI is InChI=1S/C13H24N2O4/c1-9(14-10(16)8-13(2,3)4)12(19)15(5)7-6-11(17)18/h9H,6-8H2,1-5H3,(H,14,16)(H,17,18). The number of likely N-dealkylation sites (N-methyl/N-ethyl adjacent to an activating group) is 1. The van der Waals surface area contributed by atoms with Crippen molar-refractivity contribution in [1.29, 1.82) is 0 Å². The zero-order chi connectivity index (χ0) is 15.2. The molecule has 6 heteroatoms. The molecule has 19 heavy (non-hydrogen) atoms. The van der Waals surface area contributed by atoms with Crippen LogP contribution < -0.4 is 5.32 Å². The summed E-state index contributed by atoms with van der Waals surface area (Å²) in [6.07, 6.45) is 0.231. The van der Waals surface area contributed by atoms with Crippen molar-refractivity contribution in [2.24, 2.45) is 5.41 Å². The van der Waals surface area contributed by atoms with Gasteiger partial charge in [0.15, 0.2) is 0 Å². The molecule has 1 atom stereocenters. The van der Waals surface area contributed by atoms with E-state index in [9.17, 15) is 14.4 Å². The number of nitrogens with one attached hydrogen (secondary N) is 1. The van der Waals surface area contributed by atoms with E-state index in [1.54, 1.807) is 6.92 Å². The van der Waals surface area contributed by atoms with Crippen LogP contribution in [-0.2, 0) is 14.4 Å². The second-order valence-corrected chi connectivity index (χ2v) is 5.93. The number of carboxylic acid groups (broad SMARTS) is 1. The minimum atomic E-state index is -0.955. The number of amides is 2. The Morgan fingerprint density at radius 2 is 1.79 bits per heavy atom. The molecular weight excluding hydrogens is 248 g/mol. The van der Waals surface area contributed by atoms with Gasteiger partial charge < -0.3 is 15.3 Å². The average Bonchev–Trinajstić information content (AvgIpc) is 2.21. The van der Waals surface area contributed by atoms with Gasteiger partial charge in [-0.25, -0.2) is 0 Å². The van der Waals surface area contributed by atoms with Gasteiger partial charge in [0, 0.05) is 20.0 Å². The zero-order valence-corrected chi connectivity index (χ0v) is 12.3. The van der Waals surface area contributed by atoms with Crippen molar-refractivity contribution >= 4 is 17.8 Å². The van der Waals surface area contributed by atoms with E-state index in [1.165, 1.54) is 11.9 Å². The lowest BCUT2D eigenvalue weighted by molar-refractivity contribution is -0.139. The highest BCUT2D eigenvalue weighted by atomic mass is 16.4. The number of carbonyl (C=O) groups is 3. The summed E-state index contributed by atoms with van der Waals surface area (Å²) >= 11 is 0. The number of nitrogens with zero attached hydrogens (tertiary/aromatic N) is 1. The van der Waals surface area contributed by atoms with E-state index >= 15 is 0 Å². The average molecular weight is 272 g/mol. The predicted molar refractivity (Wildman–Crippen MR) is 71.6 cm³/mol. The second kappa shape index (κ2) is 7.11. The minimum absolute atomic E-state index is 0.106. The molecule has 2 amide bonds. The van der Waals surface area contributed by atoms with E-state index in [2.05, 4.69) is 5.32 Å². The molecule has 0 spiro atoms. The van der Waals surface area contributed by atoms with Crippen LogP contribution in [0.15, 0.2) is 0 Å². The molecule has 0 saturated carbocycles. The van der Waals surface area contributed by atoms with Gasteiger partial charge >= 0.3 is 5.97 Å². The van der Waals surface area contributed by atoms with Crippen molar-refractivity contribution in [3.63, 3.8) is 0 Å². The number of carboxylic acids is 1. The number of hydrogen-bond acceptors (Lipinski definition) is 3. The van der Waals surface area contributed by atoms with Crippen molar-refractivity contribution in [2.75, 3.05) is 13.6 Å². The van der Waals surface area contributed by atoms with Gasteiger partial charge in [-0.15, -0.1) is 0 Å². The molecule has 0 bridgehead atoms. The van der Waals surface area contributed by atoms with Gasteiger partial charge in [0.1, 0.15) is 6.04 Å². The van der Waals surface area contributed by atoms with Gasteiger partial charge in [0.25, 0.3) is 0 Å². The third kappa shape index (κ3) is 8.18. The summed E-state index contributed by atoms with van der Waals surface area (Å²) in [5.41, 5.74) is -0.137. The first kappa shape index (κ1) is 17.4. The first-order valence-corrected chi connectivity index (χ1v) is 6.29. The minimum Gasteiger partial charge on any atom is -0.481 e. The van der Waals surface area contributed by atoms with E-state index in [4.69, 9.17) is 5.11 Å². The molecule has 0 saturated heterocycles. The third-order valence-corrected chi connectivity index (χ3v) is 2.48. The maximum absolute atomic E-state index is 11.9. The molecule has 110 valence electrons. The first-order valence-electron chi connectivity index (χ1n) is 6.29. The lowest BCUT2D eigenvalue weighted by atomic mass is 9.92. The summed E-state index contributed by atoms with van der Waals surface area (Å²) in [6, 6.07) is -0.645. The van der Waals surface area contributed by atoms with Gasteiger partial charge in [-0.1, -0.05) is 20.8 Å². The fraction of sp³-hybridized carbons (Fsp3) is 0.769. The van der Waals surface area contributed by atoms with E-state index in [1.807, 2.05) is 20.8 Å². The molecule has 0 aromatic rings. The molecule has 0 rings (SSSR count). The SMILES string of the molecule is CC(NC(=O)CC(C)(C)C)C(=O)N(C)CCC(=O)O. The first-order chi connectivity index (χ1) is 8.53. The Kier molecular flexibility index (Phi) is 6.52. The Bertz CT molecular complexity index is 347. The maximum Gasteiger partial charge on any atom is 0.305 e. The topological polar surface area (TPSA) is 86.7 Å². The second-order valence-electron chi connectivity index (χ2n) is 5.93. The number of hydrogen-bond donors (Lipinski definition) is 2. The molecule has 0 fully saturated rings. The Morgan fingerprint density at radius 3 is 2.21 bits per heavy atom.